The number of nitrogens with two attached hydrogens (primary N) is 1. The van der Waals surface area contributed by atoms with Crippen molar-refractivity contribution in [2.45, 2.75) is 31.9 Å². The fourth-order valence-corrected chi connectivity index (χ4v) is 2.23. The van der Waals surface area contributed by atoms with Crippen LogP contribution in [-0.2, 0) is 9.59 Å². The first-order valence-corrected chi connectivity index (χ1v) is 6.71. The van der Waals surface area contributed by atoms with Crippen LogP contribution in [0, 0.1) is 0 Å². The minimum atomic E-state index is -0.613. The average Bonchev–Trinajstić information content (AvgIpc) is 3.18. The van der Waals surface area contributed by atoms with Gasteiger partial charge in [-0.15, -0.1) is 0 Å². The van der Waals surface area contributed by atoms with Crippen LogP contribution in [0.15, 0.2) is 18.2 Å². The van der Waals surface area contributed by atoms with Crippen molar-refractivity contribution in [2.24, 2.45) is 0 Å². The number of carbonyl (C=O) groups excluding carboxylic acids is 2. The molecule has 0 aromatic heterocycles. The summed E-state index contributed by atoms with van der Waals surface area (Å²) in [5.74, 6) is 0.183. The molecular weight excluding hydrogens is 258 g/mol. The molecule has 2 amide bonds. The Morgan fingerprint density at radius 3 is 2.95 bits per heavy atom. The number of benzene rings is 1. The first kappa shape index (κ1) is 12.8. The van der Waals surface area contributed by atoms with E-state index in [-0.39, 0.29) is 24.4 Å². The van der Waals surface area contributed by atoms with Crippen LogP contribution < -0.4 is 20.7 Å². The van der Waals surface area contributed by atoms with E-state index in [0.29, 0.717) is 17.1 Å². The van der Waals surface area contributed by atoms with Crippen molar-refractivity contribution in [3.05, 3.63) is 18.2 Å². The Bertz CT molecular complexity index is 569. The van der Waals surface area contributed by atoms with E-state index in [1.54, 1.807) is 25.1 Å². The van der Waals surface area contributed by atoms with Gasteiger partial charge in [-0.05, 0) is 31.9 Å². The number of nitrogen functional groups attached to an aromatic ring is 1. The third-order valence-corrected chi connectivity index (χ3v) is 3.44. The highest BCUT2D eigenvalue weighted by molar-refractivity contribution is 6.03. The highest BCUT2D eigenvalue weighted by Gasteiger charge is 2.33. The van der Waals surface area contributed by atoms with Crippen LogP contribution in [0.3, 0.4) is 0 Å². The van der Waals surface area contributed by atoms with Gasteiger partial charge in [-0.25, -0.2) is 0 Å². The molecule has 6 heteroatoms. The fraction of sp³-hybridized carbons (Fsp3) is 0.429. The van der Waals surface area contributed by atoms with Crippen LogP contribution in [-0.4, -0.2) is 30.5 Å². The van der Waals surface area contributed by atoms with Crippen molar-refractivity contribution in [2.75, 3.05) is 17.2 Å². The fourth-order valence-electron chi connectivity index (χ4n) is 2.23. The van der Waals surface area contributed by atoms with Gasteiger partial charge in [-0.1, -0.05) is 0 Å². The SMILES string of the molecule is CC1Oc2cc(N)ccc2N(CC(=O)NC2CC2)C1=O. The number of hydrogen-bond donors (Lipinski definition) is 2. The molecule has 106 valence electrons. The lowest BCUT2D eigenvalue weighted by atomic mass is 10.1. The van der Waals surface area contributed by atoms with E-state index >= 15 is 0 Å². The first-order valence-electron chi connectivity index (χ1n) is 6.71. The lowest BCUT2D eigenvalue weighted by Crippen LogP contribution is -2.49. The van der Waals surface area contributed by atoms with E-state index in [1.807, 2.05) is 0 Å². The van der Waals surface area contributed by atoms with Crippen molar-refractivity contribution >= 4 is 23.2 Å². The van der Waals surface area contributed by atoms with E-state index in [2.05, 4.69) is 5.32 Å². The molecule has 1 heterocycles. The summed E-state index contributed by atoms with van der Waals surface area (Å²) in [7, 11) is 0. The van der Waals surface area contributed by atoms with E-state index in [1.165, 1.54) is 4.90 Å². The molecule has 3 N–H and O–H groups in total. The van der Waals surface area contributed by atoms with E-state index in [9.17, 15) is 9.59 Å². The minimum Gasteiger partial charge on any atom is -0.479 e. The summed E-state index contributed by atoms with van der Waals surface area (Å²) in [5, 5.41) is 2.88. The quantitative estimate of drug-likeness (QED) is 0.794. The van der Waals surface area contributed by atoms with Crippen molar-refractivity contribution in [1.82, 2.24) is 5.32 Å². The van der Waals surface area contributed by atoms with Gasteiger partial charge in [0, 0.05) is 17.8 Å². The number of anilines is 2. The van der Waals surface area contributed by atoms with Gasteiger partial charge in [0.1, 0.15) is 12.3 Å². The molecule has 1 atom stereocenters. The maximum atomic E-state index is 12.2. The maximum absolute atomic E-state index is 12.2. The van der Waals surface area contributed by atoms with Gasteiger partial charge in [-0.3, -0.25) is 14.5 Å². The molecule has 2 aliphatic rings. The second-order valence-electron chi connectivity index (χ2n) is 5.25. The van der Waals surface area contributed by atoms with Gasteiger partial charge in [0.2, 0.25) is 5.91 Å². The van der Waals surface area contributed by atoms with Gasteiger partial charge in [0.15, 0.2) is 6.10 Å². The summed E-state index contributed by atoms with van der Waals surface area (Å²) < 4.78 is 5.53. The maximum Gasteiger partial charge on any atom is 0.268 e. The second-order valence-corrected chi connectivity index (χ2v) is 5.25. The van der Waals surface area contributed by atoms with Crippen molar-refractivity contribution in [3.8, 4) is 5.75 Å². The number of amides is 2. The third kappa shape index (κ3) is 2.41. The number of hydrogen-bond acceptors (Lipinski definition) is 4. The van der Waals surface area contributed by atoms with Crippen LogP contribution in [0.25, 0.3) is 0 Å². The summed E-state index contributed by atoms with van der Waals surface area (Å²) in [5.41, 5.74) is 6.87. The van der Waals surface area contributed by atoms with Crippen LogP contribution in [0.1, 0.15) is 19.8 Å². The van der Waals surface area contributed by atoms with Gasteiger partial charge in [0.25, 0.3) is 5.91 Å². The second kappa shape index (κ2) is 4.70. The van der Waals surface area contributed by atoms with Gasteiger partial charge < -0.3 is 15.8 Å². The van der Waals surface area contributed by atoms with Crippen LogP contribution in [0.4, 0.5) is 11.4 Å². The molecule has 0 radical (unpaired) electrons. The number of rotatable bonds is 3. The zero-order valence-electron chi connectivity index (χ0n) is 11.3. The first-order chi connectivity index (χ1) is 9.54. The molecule has 1 fully saturated rings. The molecule has 1 aromatic carbocycles. The lowest BCUT2D eigenvalue weighted by Gasteiger charge is -2.32. The Balaban J connectivity index is 1.84. The molecule has 1 aliphatic heterocycles. The number of nitrogens with one attached hydrogen (secondary N) is 1. The molecule has 20 heavy (non-hydrogen) atoms. The van der Waals surface area contributed by atoms with E-state index < -0.39 is 6.10 Å². The molecule has 1 saturated carbocycles. The number of fused-ring (bicyclic) bond motifs is 1. The Kier molecular flexibility index (Phi) is 3.00. The summed E-state index contributed by atoms with van der Waals surface area (Å²) in [6.07, 6.45) is 1.43. The molecule has 0 bridgehead atoms. The smallest absolute Gasteiger partial charge is 0.268 e. The lowest BCUT2D eigenvalue weighted by molar-refractivity contribution is -0.128. The molecule has 6 nitrogen and oxygen atoms in total. The Morgan fingerprint density at radius 2 is 2.25 bits per heavy atom. The highest BCUT2D eigenvalue weighted by Crippen LogP contribution is 2.35. The van der Waals surface area contributed by atoms with E-state index in [4.69, 9.17) is 10.5 Å². The predicted molar refractivity (Wildman–Crippen MR) is 74.5 cm³/mol. The molecule has 1 unspecified atom stereocenters. The molecule has 0 spiro atoms. The Labute approximate surface area is 116 Å². The zero-order valence-corrected chi connectivity index (χ0v) is 11.3. The Morgan fingerprint density at radius 1 is 1.50 bits per heavy atom. The predicted octanol–water partition coefficient (Wildman–Crippen LogP) is 0.661. The summed E-state index contributed by atoms with van der Waals surface area (Å²) in [6.45, 7) is 1.68. The topological polar surface area (TPSA) is 84.7 Å². The summed E-state index contributed by atoms with van der Waals surface area (Å²) >= 11 is 0. The standard InChI is InChI=1S/C14H17N3O3/c1-8-14(19)17(7-13(18)16-10-3-4-10)11-5-2-9(15)6-12(11)20-8/h2,5-6,8,10H,3-4,7,15H2,1H3,(H,16,18). The van der Waals surface area contributed by atoms with Gasteiger partial charge in [-0.2, -0.15) is 0 Å². The van der Waals surface area contributed by atoms with Crippen molar-refractivity contribution in [3.63, 3.8) is 0 Å². The minimum absolute atomic E-state index is 0.0138. The Hall–Kier alpha value is -2.24. The van der Waals surface area contributed by atoms with Gasteiger partial charge in [0.05, 0.1) is 5.69 Å². The molecule has 3 rings (SSSR count). The number of carbonyl (C=O) groups is 2. The van der Waals surface area contributed by atoms with Crippen LogP contribution in [0.2, 0.25) is 0 Å². The normalized spacial score (nSPS) is 21.1. The van der Waals surface area contributed by atoms with Crippen molar-refractivity contribution in [1.29, 1.82) is 0 Å². The molecule has 1 aromatic rings. The monoisotopic (exact) mass is 275 g/mol. The number of nitrogens with zero attached hydrogens (tertiary/aromatic N) is 1. The van der Waals surface area contributed by atoms with Crippen LogP contribution >= 0.6 is 0 Å². The van der Waals surface area contributed by atoms with E-state index in [0.717, 1.165) is 12.8 Å². The highest BCUT2D eigenvalue weighted by atomic mass is 16.5. The molecule has 1 aliphatic carbocycles. The number of ether oxygens (including phenoxy) is 1. The largest absolute Gasteiger partial charge is 0.479 e. The average molecular weight is 275 g/mol. The van der Waals surface area contributed by atoms with Crippen LogP contribution in [0.5, 0.6) is 5.75 Å². The van der Waals surface area contributed by atoms with Gasteiger partial charge >= 0.3 is 0 Å². The zero-order chi connectivity index (χ0) is 14.3. The molecular formula is C14H17N3O3. The summed E-state index contributed by atoms with van der Waals surface area (Å²) in [6, 6.07) is 5.35. The third-order valence-electron chi connectivity index (χ3n) is 3.44. The summed E-state index contributed by atoms with van der Waals surface area (Å²) in [4.78, 5) is 25.6. The van der Waals surface area contributed by atoms with Crippen molar-refractivity contribution < 1.29 is 14.3 Å². The molecule has 0 saturated heterocycles.